The lowest BCUT2D eigenvalue weighted by Gasteiger charge is -2.18. The average molecular weight is 1000 g/mol. The molecule has 0 aromatic heterocycles. The van der Waals surface area contributed by atoms with Gasteiger partial charge < -0.3 is 14.2 Å². The number of rotatable bonds is 60. The van der Waals surface area contributed by atoms with Gasteiger partial charge in [0, 0.05) is 19.3 Å². The highest BCUT2D eigenvalue weighted by Crippen LogP contribution is 2.18. The van der Waals surface area contributed by atoms with E-state index in [0.29, 0.717) is 19.3 Å². The summed E-state index contributed by atoms with van der Waals surface area (Å²) in [5, 5.41) is 0. The molecule has 0 spiro atoms. The predicted octanol–water partition coefficient (Wildman–Crippen LogP) is 21.7. The average Bonchev–Trinajstić information content (AvgIpc) is 3.37. The number of hydrogen-bond acceptors (Lipinski definition) is 6. The maximum Gasteiger partial charge on any atom is 0.306 e. The fraction of sp³-hybridized carbons (Fsp3) is 0.923. The van der Waals surface area contributed by atoms with Gasteiger partial charge >= 0.3 is 17.9 Å². The molecule has 0 aromatic rings. The number of carbonyl (C=O) groups is 3. The number of unbranched alkanes of at least 4 members (excludes halogenated alkanes) is 47. The molecule has 0 N–H and O–H groups in total. The lowest BCUT2D eigenvalue weighted by molar-refractivity contribution is -0.167. The van der Waals surface area contributed by atoms with Gasteiger partial charge in [-0.25, -0.2) is 0 Å². The van der Waals surface area contributed by atoms with Gasteiger partial charge in [-0.1, -0.05) is 315 Å². The zero-order valence-electron chi connectivity index (χ0n) is 48.3. The summed E-state index contributed by atoms with van der Waals surface area (Å²) in [7, 11) is 0. The van der Waals surface area contributed by atoms with Crippen molar-refractivity contribution in [2.45, 2.75) is 374 Å². The van der Waals surface area contributed by atoms with Gasteiger partial charge in [-0.05, 0) is 44.9 Å². The summed E-state index contributed by atoms with van der Waals surface area (Å²) < 4.78 is 16.8. The summed E-state index contributed by atoms with van der Waals surface area (Å²) in [5.74, 6) is -0.857. The van der Waals surface area contributed by atoms with Gasteiger partial charge in [0.1, 0.15) is 13.2 Å². The minimum Gasteiger partial charge on any atom is -0.462 e. The van der Waals surface area contributed by atoms with E-state index in [1.165, 1.54) is 263 Å². The Morgan fingerprint density at radius 2 is 0.465 bits per heavy atom. The number of allylic oxidation sites excluding steroid dienone is 2. The van der Waals surface area contributed by atoms with E-state index >= 15 is 0 Å². The first-order valence-corrected chi connectivity index (χ1v) is 32.2. The standard InChI is InChI=1S/C65H124O6/c1-4-7-10-13-16-19-21-23-25-26-27-28-29-30-31-32-33-34-35-36-37-38-39-41-42-44-46-49-52-55-58-64(67)70-61-62(60-69-63(66)57-54-51-48-18-15-12-9-6-3)71-65(68)59-56-53-50-47-45-43-40-24-22-20-17-14-11-8-5-2/h24,40,62H,4-23,25-39,41-61H2,1-3H3/b40-24-. The van der Waals surface area contributed by atoms with Crippen LogP contribution in [0.4, 0.5) is 0 Å². The molecule has 0 aliphatic rings. The summed E-state index contributed by atoms with van der Waals surface area (Å²) in [6.07, 6.45) is 71.2. The Morgan fingerprint density at radius 1 is 0.268 bits per heavy atom. The number of ether oxygens (including phenoxy) is 3. The molecule has 0 aliphatic heterocycles. The molecule has 420 valence electrons. The molecule has 1 unspecified atom stereocenters. The van der Waals surface area contributed by atoms with Crippen molar-refractivity contribution in [2.75, 3.05) is 13.2 Å². The highest BCUT2D eigenvalue weighted by atomic mass is 16.6. The molecule has 6 heteroatoms. The van der Waals surface area contributed by atoms with Crippen molar-refractivity contribution in [1.82, 2.24) is 0 Å². The first kappa shape index (κ1) is 69.2. The molecular formula is C65H124O6. The number of esters is 3. The third kappa shape index (κ3) is 58.9. The maximum atomic E-state index is 12.8. The summed E-state index contributed by atoms with van der Waals surface area (Å²) in [6, 6.07) is 0. The van der Waals surface area contributed by atoms with E-state index in [1.54, 1.807) is 0 Å². The van der Waals surface area contributed by atoms with Crippen molar-refractivity contribution in [1.29, 1.82) is 0 Å². The summed E-state index contributed by atoms with van der Waals surface area (Å²) in [4.78, 5) is 38.0. The first-order valence-electron chi connectivity index (χ1n) is 32.2. The minimum absolute atomic E-state index is 0.0679. The monoisotopic (exact) mass is 1000 g/mol. The molecule has 0 aliphatic carbocycles. The third-order valence-corrected chi connectivity index (χ3v) is 14.8. The van der Waals surface area contributed by atoms with E-state index in [4.69, 9.17) is 14.2 Å². The molecule has 0 heterocycles. The van der Waals surface area contributed by atoms with Crippen LogP contribution in [0.2, 0.25) is 0 Å². The Kier molecular flexibility index (Phi) is 59.1. The van der Waals surface area contributed by atoms with Crippen molar-refractivity contribution < 1.29 is 28.6 Å². The Bertz CT molecular complexity index is 1100. The van der Waals surface area contributed by atoms with E-state index in [0.717, 1.165) is 64.2 Å². The van der Waals surface area contributed by atoms with Gasteiger partial charge in [0.15, 0.2) is 6.10 Å². The normalized spacial score (nSPS) is 12.0. The topological polar surface area (TPSA) is 78.9 Å². The zero-order valence-corrected chi connectivity index (χ0v) is 48.3. The third-order valence-electron chi connectivity index (χ3n) is 14.8. The number of hydrogen-bond donors (Lipinski definition) is 0. The molecule has 6 nitrogen and oxygen atoms in total. The van der Waals surface area contributed by atoms with Crippen LogP contribution in [0, 0.1) is 0 Å². The Labute approximate surface area is 443 Å². The molecule has 0 rings (SSSR count). The van der Waals surface area contributed by atoms with Gasteiger partial charge in [0.2, 0.25) is 0 Å². The van der Waals surface area contributed by atoms with Crippen LogP contribution in [0.25, 0.3) is 0 Å². The van der Waals surface area contributed by atoms with Gasteiger partial charge in [-0.3, -0.25) is 14.4 Å². The van der Waals surface area contributed by atoms with Crippen molar-refractivity contribution in [3.05, 3.63) is 12.2 Å². The first-order chi connectivity index (χ1) is 35.0. The molecule has 0 bridgehead atoms. The second-order valence-corrected chi connectivity index (χ2v) is 22.0. The Hall–Kier alpha value is -1.85. The van der Waals surface area contributed by atoms with Crippen LogP contribution in [0.1, 0.15) is 367 Å². The smallest absolute Gasteiger partial charge is 0.306 e. The molecular weight excluding hydrogens is 877 g/mol. The fourth-order valence-corrected chi connectivity index (χ4v) is 9.91. The van der Waals surface area contributed by atoms with Gasteiger partial charge in [-0.15, -0.1) is 0 Å². The molecule has 0 radical (unpaired) electrons. The quantitative estimate of drug-likeness (QED) is 0.0261. The van der Waals surface area contributed by atoms with Crippen LogP contribution in [-0.4, -0.2) is 37.2 Å². The van der Waals surface area contributed by atoms with E-state index in [9.17, 15) is 14.4 Å². The lowest BCUT2D eigenvalue weighted by atomic mass is 10.0. The van der Waals surface area contributed by atoms with Crippen molar-refractivity contribution in [3.63, 3.8) is 0 Å². The van der Waals surface area contributed by atoms with Gasteiger partial charge in [0.05, 0.1) is 0 Å². The zero-order chi connectivity index (χ0) is 51.4. The Balaban J connectivity index is 4.00. The molecule has 71 heavy (non-hydrogen) atoms. The summed E-state index contributed by atoms with van der Waals surface area (Å²) in [5.41, 5.74) is 0. The second-order valence-electron chi connectivity index (χ2n) is 22.0. The van der Waals surface area contributed by atoms with Crippen LogP contribution in [0.3, 0.4) is 0 Å². The van der Waals surface area contributed by atoms with Gasteiger partial charge in [0.25, 0.3) is 0 Å². The summed E-state index contributed by atoms with van der Waals surface area (Å²) >= 11 is 0. The van der Waals surface area contributed by atoms with E-state index < -0.39 is 6.10 Å². The van der Waals surface area contributed by atoms with E-state index in [1.807, 2.05) is 0 Å². The van der Waals surface area contributed by atoms with Crippen LogP contribution in [0.5, 0.6) is 0 Å². The lowest BCUT2D eigenvalue weighted by Crippen LogP contribution is -2.30. The highest BCUT2D eigenvalue weighted by Gasteiger charge is 2.19. The van der Waals surface area contributed by atoms with Crippen molar-refractivity contribution >= 4 is 17.9 Å². The predicted molar refractivity (Wildman–Crippen MR) is 307 cm³/mol. The molecule has 0 aromatic carbocycles. The molecule has 0 amide bonds. The maximum absolute atomic E-state index is 12.8. The second kappa shape index (κ2) is 60.7. The van der Waals surface area contributed by atoms with E-state index in [2.05, 4.69) is 32.9 Å². The van der Waals surface area contributed by atoms with E-state index in [-0.39, 0.29) is 31.1 Å². The van der Waals surface area contributed by atoms with Gasteiger partial charge in [-0.2, -0.15) is 0 Å². The van der Waals surface area contributed by atoms with Crippen LogP contribution >= 0.6 is 0 Å². The molecule has 0 saturated carbocycles. The van der Waals surface area contributed by atoms with Crippen LogP contribution in [0.15, 0.2) is 12.2 Å². The van der Waals surface area contributed by atoms with Crippen LogP contribution < -0.4 is 0 Å². The SMILES string of the molecule is CCCCCCCC/C=C\CCCCCCCC(=O)OC(COC(=O)CCCCCCCCCC)COC(=O)CCCCCCCCCCCCCCCCCCCCCCCCCCCCCCCC. The molecule has 1 atom stereocenters. The minimum atomic E-state index is -0.768. The number of carbonyl (C=O) groups excluding carboxylic acids is 3. The highest BCUT2D eigenvalue weighted by molar-refractivity contribution is 5.71. The molecule has 0 fully saturated rings. The Morgan fingerprint density at radius 3 is 0.704 bits per heavy atom. The fourth-order valence-electron chi connectivity index (χ4n) is 9.91. The van der Waals surface area contributed by atoms with Crippen molar-refractivity contribution in [3.8, 4) is 0 Å². The molecule has 0 saturated heterocycles. The van der Waals surface area contributed by atoms with Crippen molar-refractivity contribution in [2.24, 2.45) is 0 Å². The largest absolute Gasteiger partial charge is 0.462 e. The summed E-state index contributed by atoms with van der Waals surface area (Å²) in [6.45, 7) is 6.66. The van der Waals surface area contributed by atoms with Crippen LogP contribution in [-0.2, 0) is 28.6 Å².